The summed E-state index contributed by atoms with van der Waals surface area (Å²) in [6.07, 6.45) is 1.78. The molecule has 7 heteroatoms. The fourth-order valence-electron chi connectivity index (χ4n) is 2.48. The molecule has 0 unspecified atom stereocenters. The molecule has 0 aliphatic heterocycles. The van der Waals surface area contributed by atoms with Crippen LogP contribution in [0.25, 0.3) is 0 Å². The highest BCUT2D eigenvalue weighted by Gasteiger charge is 2.04. The number of nitrogens with zero attached hydrogens (tertiary/aromatic N) is 2. The van der Waals surface area contributed by atoms with Crippen molar-refractivity contribution in [1.29, 1.82) is 0 Å². The smallest absolute Gasteiger partial charge is 0.191 e. The molecule has 2 rings (SSSR count). The number of aryl methyl sites for hydroxylation is 2. The van der Waals surface area contributed by atoms with Crippen molar-refractivity contribution in [2.45, 2.75) is 33.2 Å². The van der Waals surface area contributed by atoms with Crippen molar-refractivity contribution in [3.8, 4) is 5.75 Å². The number of ether oxygens (including phenoxy) is 2. The van der Waals surface area contributed by atoms with Crippen LogP contribution < -0.4 is 15.4 Å². The van der Waals surface area contributed by atoms with Gasteiger partial charge in [-0.1, -0.05) is 12.1 Å². The monoisotopic (exact) mass is 390 g/mol. The van der Waals surface area contributed by atoms with Crippen LogP contribution in [0.2, 0.25) is 0 Å². The van der Waals surface area contributed by atoms with Crippen LogP contribution in [0.3, 0.4) is 0 Å². The average Bonchev–Trinajstić information content (AvgIpc) is 2.99. The molecule has 0 spiro atoms. The molecule has 0 fully saturated rings. The lowest BCUT2D eigenvalue weighted by Gasteiger charge is -2.12. The number of hydrogen-bond acceptors (Lipinski definition) is 5. The van der Waals surface area contributed by atoms with E-state index in [1.807, 2.05) is 18.2 Å². The van der Waals surface area contributed by atoms with Crippen LogP contribution in [-0.2, 0) is 17.7 Å². The van der Waals surface area contributed by atoms with Gasteiger partial charge in [-0.2, -0.15) is 0 Å². The zero-order valence-corrected chi connectivity index (χ0v) is 17.5. The maximum Gasteiger partial charge on any atom is 0.191 e. The fraction of sp³-hybridized carbons (Fsp3) is 0.500. The van der Waals surface area contributed by atoms with Gasteiger partial charge in [0.25, 0.3) is 0 Å². The van der Waals surface area contributed by atoms with Gasteiger partial charge in [0, 0.05) is 51.6 Å². The zero-order valence-electron chi connectivity index (χ0n) is 16.7. The Labute approximate surface area is 166 Å². The molecule has 0 saturated carbocycles. The Bertz CT molecular complexity index is 711. The molecule has 2 aromatic rings. The van der Waals surface area contributed by atoms with Gasteiger partial charge in [-0.25, -0.2) is 4.98 Å². The molecule has 6 nitrogen and oxygen atoms in total. The summed E-state index contributed by atoms with van der Waals surface area (Å²) in [6, 6.07) is 8.10. The Morgan fingerprint density at radius 1 is 1.22 bits per heavy atom. The van der Waals surface area contributed by atoms with Crippen molar-refractivity contribution in [3.63, 3.8) is 0 Å². The third kappa shape index (κ3) is 7.56. The summed E-state index contributed by atoms with van der Waals surface area (Å²) in [4.78, 5) is 10.1. The summed E-state index contributed by atoms with van der Waals surface area (Å²) in [6.45, 7) is 7.02. The van der Waals surface area contributed by atoms with Gasteiger partial charge in [0.15, 0.2) is 5.96 Å². The van der Waals surface area contributed by atoms with E-state index in [0.29, 0.717) is 19.8 Å². The Hall–Kier alpha value is -2.12. The maximum atomic E-state index is 5.75. The molecule has 0 radical (unpaired) electrons. The summed E-state index contributed by atoms with van der Waals surface area (Å²) in [7, 11) is 3.48. The standard InChI is InChI=1S/C20H30N4O2S/c1-15-16(2)27-19(24-15)9-10-22-20(21-3)23-14-17-7-5-8-18(13-17)26-12-6-11-25-4/h5,7-8,13H,6,9-12,14H2,1-4H3,(H2,21,22,23). The van der Waals surface area contributed by atoms with Gasteiger partial charge >= 0.3 is 0 Å². The fourth-order valence-corrected chi connectivity index (χ4v) is 3.41. The molecule has 27 heavy (non-hydrogen) atoms. The number of rotatable bonds is 10. The highest BCUT2D eigenvalue weighted by Crippen LogP contribution is 2.16. The maximum absolute atomic E-state index is 5.75. The first-order valence-electron chi connectivity index (χ1n) is 9.20. The second-order valence-electron chi connectivity index (χ2n) is 6.19. The Morgan fingerprint density at radius 3 is 2.78 bits per heavy atom. The first-order valence-corrected chi connectivity index (χ1v) is 10.0. The van der Waals surface area contributed by atoms with E-state index in [9.17, 15) is 0 Å². The van der Waals surface area contributed by atoms with E-state index in [1.165, 1.54) is 4.88 Å². The number of aliphatic imine (C=N–C) groups is 1. The molecule has 0 atom stereocenters. The lowest BCUT2D eigenvalue weighted by Crippen LogP contribution is -2.37. The van der Waals surface area contributed by atoms with Crippen LogP contribution in [0.4, 0.5) is 0 Å². The van der Waals surface area contributed by atoms with E-state index in [-0.39, 0.29) is 0 Å². The first-order chi connectivity index (χ1) is 13.1. The normalized spacial score (nSPS) is 11.5. The van der Waals surface area contributed by atoms with Crippen molar-refractivity contribution in [3.05, 3.63) is 45.4 Å². The number of benzene rings is 1. The summed E-state index contributed by atoms with van der Waals surface area (Å²) in [5.74, 6) is 1.66. The predicted molar refractivity (Wildman–Crippen MR) is 112 cm³/mol. The van der Waals surface area contributed by atoms with Crippen LogP contribution in [-0.4, -0.2) is 44.9 Å². The third-order valence-corrected chi connectivity index (χ3v) is 5.18. The number of thiazole rings is 1. The van der Waals surface area contributed by atoms with Crippen molar-refractivity contribution in [1.82, 2.24) is 15.6 Å². The third-order valence-electron chi connectivity index (χ3n) is 4.05. The molecule has 0 amide bonds. The largest absolute Gasteiger partial charge is 0.493 e. The summed E-state index contributed by atoms with van der Waals surface area (Å²) < 4.78 is 10.8. The van der Waals surface area contributed by atoms with Crippen LogP contribution >= 0.6 is 11.3 Å². The molecule has 0 aliphatic rings. The van der Waals surface area contributed by atoms with Gasteiger partial charge < -0.3 is 20.1 Å². The number of aromatic nitrogens is 1. The zero-order chi connectivity index (χ0) is 19.5. The van der Waals surface area contributed by atoms with Gasteiger partial charge in [-0.15, -0.1) is 11.3 Å². The molecule has 1 heterocycles. The SMILES string of the molecule is CN=C(NCCc1nc(C)c(C)s1)NCc1cccc(OCCCOC)c1. The van der Waals surface area contributed by atoms with E-state index < -0.39 is 0 Å². The average molecular weight is 391 g/mol. The highest BCUT2D eigenvalue weighted by molar-refractivity contribution is 7.11. The molecular weight excluding hydrogens is 360 g/mol. The molecule has 148 valence electrons. The van der Waals surface area contributed by atoms with E-state index >= 15 is 0 Å². The first kappa shape index (κ1) is 21.2. The van der Waals surface area contributed by atoms with Crippen molar-refractivity contribution in [2.75, 3.05) is 33.9 Å². The van der Waals surface area contributed by atoms with Gasteiger partial charge in [-0.05, 0) is 31.5 Å². The molecule has 1 aromatic carbocycles. The van der Waals surface area contributed by atoms with Crippen LogP contribution in [0, 0.1) is 13.8 Å². The number of methoxy groups -OCH3 is 1. The van der Waals surface area contributed by atoms with Crippen molar-refractivity contribution in [2.24, 2.45) is 4.99 Å². The molecule has 0 saturated heterocycles. The van der Waals surface area contributed by atoms with Gasteiger partial charge in [-0.3, -0.25) is 4.99 Å². The number of nitrogens with one attached hydrogen (secondary N) is 2. The predicted octanol–water partition coefficient (Wildman–Crippen LogP) is 3.08. The van der Waals surface area contributed by atoms with Crippen LogP contribution in [0.15, 0.2) is 29.3 Å². The molecular formula is C20H30N4O2S. The highest BCUT2D eigenvalue weighted by atomic mass is 32.1. The Morgan fingerprint density at radius 2 is 2.07 bits per heavy atom. The van der Waals surface area contributed by atoms with Crippen molar-refractivity contribution < 1.29 is 9.47 Å². The second-order valence-corrected chi connectivity index (χ2v) is 7.48. The summed E-state index contributed by atoms with van der Waals surface area (Å²) in [5.41, 5.74) is 2.27. The van der Waals surface area contributed by atoms with Crippen LogP contribution in [0.5, 0.6) is 5.75 Å². The van der Waals surface area contributed by atoms with Crippen molar-refractivity contribution >= 4 is 17.3 Å². The summed E-state index contributed by atoms with van der Waals surface area (Å²) >= 11 is 1.76. The number of hydrogen-bond donors (Lipinski definition) is 2. The van der Waals surface area contributed by atoms with E-state index in [0.717, 1.165) is 47.4 Å². The quantitative estimate of drug-likeness (QED) is 0.371. The van der Waals surface area contributed by atoms with E-state index in [1.54, 1.807) is 25.5 Å². The Balaban J connectivity index is 1.74. The minimum absolute atomic E-state index is 0.656. The Kier molecular flexibility index (Phi) is 9.07. The minimum Gasteiger partial charge on any atom is -0.493 e. The molecule has 0 bridgehead atoms. The lowest BCUT2D eigenvalue weighted by atomic mass is 10.2. The second kappa shape index (κ2) is 11.6. The lowest BCUT2D eigenvalue weighted by molar-refractivity contribution is 0.172. The van der Waals surface area contributed by atoms with Gasteiger partial charge in [0.05, 0.1) is 17.3 Å². The topological polar surface area (TPSA) is 67.8 Å². The minimum atomic E-state index is 0.656. The summed E-state index contributed by atoms with van der Waals surface area (Å²) in [5, 5.41) is 7.84. The van der Waals surface area contributed by atoms with Gasteiger partial charge in [0.1, 0.15) is 5.75 Å². The molecule has 2 N–H and O–H groups in total. The van der Waals surface area contributed by atoms with E-state index in [2.05, 4.69) is 40.5 Å². The van der Waals surface area contributed by atoms with Crippen LogP contribution in [0.1, 0.15) is 27.6 Å². The number of guanidine groups is 1. The molecule has 1 aromatic heterocycles. The molecule has 0 aliphatic carbocycles. The van der Waals surface area contributed by atoms with E-state index in [4.69, 9.17) is 9.47 Å². The van der Waals surface area contributed by atoms with Gasteiger partial charge in [0.2, 0.25) is 0 Å².